The van der Waals surface area contributed by atoms with Gasteiger partial charge in [-0.25, -0.2) is 0 Å². The molecule has 5 heteroatoms. The molecule has 0 aromatic heterocycles. The number of hydrogen-bond donors (Lipinski definition) is 2. The zero-order chi connectivity index (χ0) is 14.0. The molecular weight excluding hydrogens is 326 g/mol. The Morgan fingerprint density at radius 2 is 2.00 bits per heavy atom. The van der Waals surface area contributed by atoms with E-state index < -0.39 is 0 Å². The summed E-state index contributed by atoms with van der Waals surface area (Å²) in [6.45, 7) is 1.93. The Morgan fingerprint density at radius 1 is 1.26 bits per heavy atom. The fourth-order valence-corrected chi connectivity index (χ4v) is 2.25. The van der Waals surface area contributed by atoms with Gasteiger partial charge in [-0.1, -0.05) is 11.6 Å². The minimum absolute atomic E-state index is 0.551. The van der Waals surface area contributed by atoms with Gasteiger partial charge < -0.3 is 11.1 Å². The monoisotopic (exact) mass is 335 g/mol. The maximum Gasteiger partial charge on any atom is 0.0992 e. The Hall–Kier alpha value is -1.70. The topological polar surface area (TPSA) is 61.8 Å². The molecule has 0 spiro atoms. The Kier molecular flexibility index (Phi) is 3.98. The molecule has 0 aliphatic heterocycles. The van der Waals surface area contributed by atoms with Gasteiger partial charge in [0.1, 0.15) is 0 Å². The lowest BCUT2D eigenvalue weighted by molar-refractivity contribution is 1.42. The number of nitrogen functional groups attached to an aromatic ring is 1. The van der Waals surface area contributed by atoms with Gasteiger partial charge in [0.05, 0.1) is 28.0 Å². The van der Waals surface area contributed by atoms with Crippen LogP contribution in [0.25, 0.3) is 0 Å². The van der Waals surface area contributed by atoms with Crippen LogP contribution in [0, 0.1) is 18.3 Å². The molecule has 2 aromatic rings. The Labute approximate surface area is 125 Å². The minimum atomic E-state index is 0.551. The molecule has 0 atom stereocenters. The Balaban J connectivity index is 2.42. The van der Waals surface area contributed by atoms with Crippen molar-refractivity contribution < 1.29 is 0 Å². The molecule has 0 saturated carbocycles. The van der Waals surface area contributed by atoms with Gasteiger partial charge in [0.2, 0.25) is 0 Å². The second-order valence-corrected chi connectivity index (χ2v) is 5.38. The third kappa shape index (κ3) is 3.01. The fourth-order valence-electron chi connectivity index (χ4n) is 1.63. The number of aryl methyl sites for hydroxylation is 1. The molecular formula is C14H11BrClN3. The summed E-state index contributed by atoms with van der Waals surface area (Å²) in [5, 5.41) is 12.7. The quantitative estimate of drug-likeness (QED) is 0.787. The van der Waals surface area contributed by atoms with Gasteiger partial charge >= 0.3 is 0 Å². The van der Waals surface area contributed by atoms with Crippen LogP contribution >= 0.6 is 27.5 Å². The van der Waals surface area contributed by atoms with E-state index in [0.717, 1.165) is 15.7 Å². The molecule has 2 rings (SSSR count). The van der Waals surface area contributed by atoms with Crippen LogP contribution < -0.4 is 11.1 Å². The molecule has 0 saturated heterocycles. The molecule has 3 N–H and O–H groups in total. The highest BCUT2D eigenvalue weighted by molar-refractivity contribution is 9.10. The van der Waals surface area contributed by atoms with Gasteiger partial charge in [-0.05, 0) is 58.7 Å². The fraction of sp³-hybridized carbons (Fsp3) is 0.0714. The van der Waals surface area contributed by atoms with E-state index in [9.17, 15) is 0 Å². The van der Waals surface area contributed by atoms with Gasteiger partial charge in [-0.3, -0.25) is 0 Å². The number of anilines is 3. The summed E-state index contributed by atoms with van der Waals surface area (Å²) in [7, 11) is 0. The van der Waals surface area contributed by atoms with Crippen molar-refractivity contribution in [1.82, 2.24) is 0 Å². The first-order valence-electron chi connectivity index (χ1n) is 5.53. The number of hydrogen-bond acceptors (Lipinski definition) is 3. The third-order valence-corrected chi connectivity index (χ3v) is 3.71. The van der Waals surface area contributed by atoms with E-state index in [0.29, 0.717) is 22.0 Å². The van der Waals surface area contributed by atoms with E-state index >= 15 is 0 Å². The molecule has 0 heterocycles. The third-order valence-electron chi connectivity index (χ3n) is 2.72. The van der Waals surface area contributed by atoms with Crippen LogP contribution in [0.3, 0.4) is 0 Å². The van der Waals surface area contributed by atoms with Gasteiger partial charge in [-0.2, -0.15) is 5.26 Å². The van der Waals surface area contributed by atoms with Crippen LogP contribution in [0.4, 0.5) is 17.1 Å². The summed E-state index contributed by atoms with van der Waals surface area (Å²) in [4.78, 5) is 0. The van der Waals surface area contributed by atoms with E-state index in [1.807, 2.05) is 19.1 Å². The maximum absolute atomic E-state index is 8.91. The molecule has 19 heavy (non-hydrogen) atoms. The van der Waals surface area contributed by atoms with Crippen LogP contribution in [-0.4, -0.2) is 0 Å². The SMILES string of the molecule is Cc1cc(Nc2cc(C#N)ccc2Cl)c(Br)cc1N. The predicted molar refractivity (Wildman–Crippen MR) is 82.7 cm³/mol. The number of halogens is 2. The number of rotatable bonds is 2. The molecule has 96 valence electrons. The summed E-state index contributed by atoms with van der Waals surface area (Å²) < 4.78 is 0.842. The zero-order valence-electron chi connectivity index (χ0n) is 10.2. The van der Waals surface area contributed by atoms with Crippen molar-refractivity contribution >= 4 is 44.6 Å². The van der Waals surface area contributed by atoms with Gasteiger partial charge in [-0.15, -0.1) is 0 Å². The molecule has 0 aliphatic rings. The smallest absolute Gasteiger partial charge is 0.0992 e. The number of nitrogens with zero attached hydrogens (tertiary/aromatic N) is 1. The highest BCUT2D eigenvalue weighted by Crippen LogP contribution is 2.33. The summed E-state index contributed by atoms with van der Waals surface area (Å²) >= 11 is 9.56. The molecule has 0 unspecified atom stereocenters. The number of nitrogens with two attached hydrogens (primary N) is 1. The van der Waals surface area contributed by atoms with Crippen LogP contribution in [0.15, 0.2) is 34.8 Å². The van der Waals surface area contributed by atoms with Crippen molar-refractivity contribution in [3.05, 3.63) is 51.0 Å². The van der Waals surface area contributed by atoms with Gasteiger partial charge in [0.25, 0.3) is 0 Å². The number of nitriles is 1. The van der Waals surface area contributed by atoms with Crippen LogP contribution in [0.5, 0.6) is 0 Å². The Morgan fingerprint density at radius 3 is 2.68 bits per heavy atom. The van der Waals surface area contributed by atoms with E-state index in [1.165, 1.54) is 0 Å². The lowest BCUT2D eigenvalue weighted by Gasteiger charge is -2.12. The molecule has 0 radical (unpaired) electrons. The molecule has 0 amide bonds. The zero-order valence-corrected chi connectivity index (χ0v) is 12.5. The van der Waals surface area contributed by atoms with Gasteiger partial charge in [0, 0.05) is 10.2 Å². The molecule has 0 fully saturated rings. The predicted octanol–water partition coefficient (Wildman–Crippen LogP) is 4.61. The number of benzene rings is 2. The normalized spacial score (nSPS) is 10.0. The summed E-state index contributed by atoms with van der Waals surface area (Å²) in [5.41, 5.74) is 9.61. The van der Waals surface area contributed by atoms with Crippen molar-refractivity contribution in [2.45, 2.75) is 6.92 Å². The standard InChI is InChI=1S/C14H11BrClN3/c1-8-4-13(10(15)6-12(8)18)19-14-5-9(7-17)2-3-11(14)16/h2-6,19H,18H2,1H3. The molecule has 2 aromatic carbocycles. The van der Waals surface area contributed by atoms with Crippen molar-refractivity contribution in [3.8, 4) is 6.07 Å². The second-order valence-electron chi connectivity index (χ2n) is 4.12. The second kappa shape index (κ2) is 5.52. The van der Waals surface area contributed by atoms with Crippen molar-refractivity contribution in [3.63, 3.8) is 0 Å². The lowest BCUT2D eigenvalue weighted by Crippen LogP contribution is -1.96. The van der Waals surface area contributed by atoms with Crippen LogP contribution in [0.2, 0.25) is 5.02 Å². The average molecular weight is 337 g/mol. The van der Waals surface area contributed by atoms with E-state index in [-0.39, 0.29) is 0 Å². The lowest BCUT2D eigenvalue weighted by atomic mass is 10.1. The van der Waals surface area contributed by atoms with Gasteiger partial charge in [0.15, 0.2) is 0 Å². The van der Waals surface area contributed by atoms with Crippen molar-refractivity contribution in [2.75, 3.05) is 11.1 Å². The first-order valence-corrected chi connectivity index (χ1v) is 6.70. The van der Waals surface area contributed by atoms with Crippen LogP contribution in [-0.2, 0) is 0 Å². The van der Waals surface area contributed by atoms with E-state index in [4.69, 9.17) is 22.6 Å². The number of nitrogens with one attached hydrogen (secondary N) is 1. The molecule has 3 nitrogen and oxygen atoms in total. The molecule has 0 bridgehead atoms. The first-order chi connectivity index (χ1) is 9.01. The summed E-state index contributed by atoms with van der Waals surface area (Å²) in [6.07, 6.45) is 0. The maximum atomic E-state index is 8.91. The van der Waals surface area contributed by atoms with Crippen molar-refractivity contribution in [2.24, 2.45) is 0 Å². The van der Waals surface area contributed by atoms with Crippen molar-refractivity contribution in [1.29, 1.82) is 5.26 Å². The molecule has 0 aliphatic carbocycles. The highest BCUT2D eigenvalue weighted by Gasteiger charge is 2.07. The summed E-state index contributed by atoms with van der Waals surface area (Å²) in [6, 6.07) is 10.9. The Bertz CT molecular complexity index is 677. The first kappa shape index (κ1) is 13.7. The minimum Gasteiger partial charge on any atom is -0.398 e. The van der Waals surface area contributed by atoms with E-state index in [1.54, 1.807) is 18.2 Å². The average Bonchev–Trinajstić information content (AvgIpc) is 2.38. The van der Waals surface area contributed by atoms with E-state index in [2.05, 4.69) is 27.3 Å². The van der Waals surface area contributed by atoms with Crippen LogP contribution in [0.1, 0.15) is 11.1 Å². The largest absolute Gasteiger partial charge is 0.398 e. The highest BCUT2D eigenvalue weighted by atomic mass is 79.9. The summed E-state index contributed by atoms with van der Waals surface area (Å²) in [5.74, 6) is 0.